The molecule has 2 aromatic carbocycles. The average molecular weight is 402 g/mol. The zero-order valence-corrected chi connectivity index (χ0v) is 17.1. The Morgan fingerprint density at radius 2 is 1.70 bits per heavy atom. The summed E-state index contributed by atoms with van der Waals surface area (Å²) < 4.78 is 7.23. The number of hydrogen-bond donors (Lipinski definition) is 0. The Morgan fingerprint density at radius 3 is 2.37 bits per heavy atom. The van der Waals surface area contributed by atoms with E-state index in [1.807, 2.05) is 80.1 Å². The van der Waals surface area contributed by atoms with E-state index >= 15 is 0 Å². The molecule has 4 aromatic rings. The van der Waals surface area contributed by atoms with Crippen LogP contribution in [-0.2, 0) is 22.7 Å². The van der Waals surface area contributed by atoms with Crippen LogP contribution < -0.4 is 0 Å². The standard InChI is InChI=1S/C22H22N6O2/c1-15-4-8-19(9-5-15)22-23-26-27(25-22)13-21(29)30-14-18-6-10-20(11-7-18)28-17(3)12-16(2)24-28/h4-12H,13-14H2,1-3H3. The van der Waals surface area contributed by atoms with Gasteiger partial charge in [0.25, 0.3) is 0 Å². The Morgan fingerprint density at radius 1 is 0.967 bits per heavy atom. The van der Waals surface area contributed by atoms with Crippen LogP contribution in [0.5, 0.6) is 0 Å². The van der Waals surface area contributed by atoms with Gasteiger partial charge >= 0.3 is 5.97 Å². The summed E-state index contributed by atoms with van der Waals surface area (Å²) in [7, 11) is 0. The highest BCUT2D eigenvalue weighted by molar-refractivity contribution is 5.69. The van der Waals surface area contributed by atoms with Gasteiger partial charge in [0.15, 0.2) is 6.54 Å². The summed E-state index contributed by atoms with van der Waals surface area (Å²) in [6, 6.07) is 17.6. The first-order valence-corrected chi connectivity index (χ1v) is 9.61. The van der Waals surface area contributed by atoms with Crippen LogP contribution in [-0.4, -0.2) is 36.0 Å². The van der Waals surface area contributed by atoms with Gasteiger partial charge in [0.2, 0.25) is 5.82 Å². The number of ether oxygens (including phenoxy) is 1. The summed E-state index contributed by atoms with van der Waals surface area (Å²) in [5.74, 6) is 0.0491. The number of aromatic nitrogens is 6. The predicted octanol–water partition coefficient (Wildman–Crippen LogP) is 3.19. The minimum Gasteiger partial charge on any atom is -0.459 e. The monoisotopic (exact) mass is 402 g/mol. The molecule has 0 atom stereocenters. The van der Waals surface area contributed by atoms with Crippen LogP contribution in [0, 0.1) is 20.8 Å². The number of benzene rings is 2. The van der Waals surface area contributed by atoms with Gasteiger partial charge in [-0.05, 0) is 49.7 Å². The van der Waals surface area contributed by atoms with E-state index in [0.717, 1.165) is 33.8 Å². The number of carbonyl (C=O) groups excluding carboxylic acids is 1. The minimum atomic E-state index is -0.425. The van der Waals surface area contributed by atoms with Crippen molar-refractivity contribution < 1.29 is 9.53 Å². The van der Waals surface area contributed by atoms with Gasteiger partial charge in [-0.3, -0.25) is 0 Å². The van der Waals surface area contributed by atoms with Crippen LogP contribution in [0.15, 0.2) is 54.6 Å². The summed E-state index contributed by atoms with van der Waals surface area (Å²) in [6.45, 7) is 6.07. The van der Waals surface area contributed by atoms with Crippen LogP contribution in [0.1, 0.15) is 22.5 Å². The smallest absolute Gasteiger partial charge is 0.330 e. The molecule has 0 aliphatic carbocycles. The van der Waals surface area contributed by atoms with Gasteiger partial charge in [-0.25, -0.2) is 9.48 Å². The third-order valence-electron chi connectivity index (χ3n) is 4.62. The molecule has 8 heteroatoms. The van der Waals surface area contributed by atoms with Crippen molar-refractivity contribution in [2.24, 2.45) is 0 Å². The maximum Gasteiger partial charge on any atom is 0.330 e. The second-order valence-electron chi connectivity index (χ2n) is 7.18. The summed E-state index contributed by atoms with van der Waals surface area (Å²) in [5, 5.41) is 16.6. The van der Waals surface area contributed by atoms with Crippen LogP contribution in [0.25, 0.3) is 17.1 Å². The highest BCUT2D eigenvalue weighted by atomic mass is 16.5. The van der Waals surface area contributed by atoms with Crippen LogP contribution >= 0.6 is 0 Å². The van der Waals surface area contributed by atoms with E-state index in [9.17, 15) is 4.79 Å². The predicted molar refractivity (Wildman–Crippen MR) is 111 cm³/mol. The van der Waals surface area contributed by atoms with Gasteiger partial charge < -0.3 is 4.74 Å². The Kier molecular flexibility index (Phi) is 5.38. The fraction of sp³-hybridized carbons (Fsp3) is 0.227. The topological polar surface area (TPSA) is 87.7 Å². The molecule has 4 rings (SSSR count). The molecule has 0 radical (unpaired) electrons. The molecule has 2 aromatic heterocycles. The minimum absolute atomic E-state index is 0.0945. The maximum absolute atomic E-state index is 12.1. The van der Waals surface area contributed by atoms with Crippen molar-refractivity contribution in [1.82, 2.24) is 30.0 Å². The quantitative estimate of drug-likeness (QED) is 0.460. The Labute approximate surface area is 174 Å². The van der Waals surface area contributed by atoms with Crippen molar-refractivity contribution in [3.8, 4) is 17.1 Å². The highest BCUT2D eigenvalue weighted by Crippen LogP contribution is 2.15. The molecule has 0 aliphatic heterocycles. The molecule has 8 nitrogen and oxygen atoms in total. The van der Waals surface area contributed by atoms with Crippen molar-refractivity contribution in [3.63, 3.8) is 0 Å². The molecule has 2 heterocycles. The third-order valence-corrected chi connectivity index (χ3v) is 4.62. The van der Waals surface area contributed by atoms with E-state index in [2.05, 4.69) is 20.5 Å². The van der Waals surface area contributed by atoms with E-state index in [1.54, 1.807) is 0 Å². The Balaban J connectivity index is 1.33. The molecule has 0 saturated carbocycles. The molecule has 0 amide bonds. The summed E-state index contributed by atoms with van der Waals surface area (Å²) >= 11 is 0. The average Bonchev–Trinajstić information content (AvgIpc) is 3.33. The zero-order valence-electron chi connectivity index (χ0n) is 17.1. The summed E-state index contributed by atoms with van der Waals surface area (Å²) in [5.41, 5.74) is 5.89. The lowest BCUT2D eigenvalue weighted by Crippen LogP contribution is -2.15. The summed E-state index contributed by atoms with van der Waals surface area (Å²) in [4.78, 5) is 13.4. The number of hydrogen-bond acceptors (Lipinski definition) is 6. The van der Waals surface area contributed by atoms with Gasteiger partial charge in [-0.15, -0.1) is 10.2 Å². The molecule has 0 spiro atoms. The lowest BCUT2D eigenvalue weighted by Gasteiger charge is -2.07. The second kappa shape index (κ2) is 8.28. The van der Waals surface area contributed by atoms with Crippen LogP contribution in [0.2, 0.25) is 0 Å². The first-order valence-electron chi connectivity index (χ1n) is 9.61. The Hall–Kier alpha value is -3.81. The van der Waals surface area contributed by atoms with Gasteiger partial charge in [0.1, 0.15) is 6.61 Å². The number of carbonyl (C=O) groups is 1. The van der Waals surface area contributed by atoms with Crippen LogP contribution in [0.4, 0.5) is 0 Å². The molecular weight excluding hydrogens is 380 g/mol. The van der Waals surface area contributed by atoms with Crippen molar-refractivity contribution >= 4 is 5.97 Å². The fourth-order valence-electron chi connectivity index (χ4n) is 3.08. The van der Waals surface area contributed by atoms with Crippen molar-refractivity contribution in [2.75, 3.05) is 0 Å². The second-order valence-corrected chi connectivity index (χ2v) is 7.18. The van der Waals surface area contributed by atoms with Crippen molar-refractivity contribution in [1.29, 1.82) is 0 Å². The highest BCUT2D eigenvalue weighted by Gasteiger charge is 2.11. The van der Waals surface area contributed by atoms with E-state index in [4.69, 9.17) is 4.74 Å². The van der Waals surface area contributed by atoms with Crippen molar-refractivity contribution in [2.45, 2.75) is 33.9 Å². The molecule has 0 bridgehead atoms. The number of nitrogens with zero attached hydrogens (tertiary/aromatic N) is 6. The molecule has 0 aliphatic rings. The first-order chi connectivity index (χ1) is 14.5. The maximum atomic E-state index is 12.1. The van der Waals surface area contributed by atoms with Gasteiger partial charge in [0.05, 0.1) is 11.4 Å². The zero-order chi connectivity index (χ0) is 21.1. The lowest BCUT2D eigenvalue weighted by molar-refractivity contribution is -0.146. The first kappa shape index (κ1) is 19.5. The number of tetrazole rings is 1. The lowest BCUT2D eigenvalue weighted by atomic mass is 10.1. The number of esters is 1. The third kappa shape index (κ3) is 4.43. The molecule has 152 valence electrons. The largest absolute Gasteiger partial charge is 0.459 e. The molecule has 30 heavy (non-hydrogen) atoms. The van der Waals surface area contributed by atoms with Crippen LogP contribution in [0.3, 0.4) is 0 Å². The SMILES string of the molecule is Cc1ccc(-c2nnn(CC(=O)OCc3ccc(-n4nc(C)cc4C)cc3)n2)cc1. The van der Waals surface area contributed by atoms with E-state index in [-0.39, 0.29) is 13.2 Å². The number of aryl methyl sites for hydroxylation is 3. The van der Waals surface area contributed by atoms with E-state index < -0.39 is 5.97 Å². The summed E-state index contributed by atoms with van der Waals surface area (Å²) in [6.07, 6.45) is 0. The fourth-order valence-corrected chi connectivity index (χ4v) is 3.08. The van der Waals surface area contributed by atoms with Gasteiger partial charge in [-0.2, -0.15) is 9.90 Å². The molecule has 0 N–H and O–H groups in total. The van der Waals surface area contributed by atoms with E-state index in [0.29, 0.717) is 5.82 Å². The molecule has 0 fully saturated rings. The van der Waals surface area contributed by atoms with E-state index in [1.165, 1.54) is 4.80 Å². The van der Waals surface area contributed by atoms with Gasteiger partial charge in [0, 0.05) is 11.3 Å². The van der Waals surface area contributed by atoms with Gasteiger partial charge in [-0.1, -0.05) is 42.0 Å². The number of rotatable bonds is 6. The van der Waals surface area contributed by atoms with Crippen molar-refractivity contribution in [3.05, 3.63) is 77.1 Å². The molecule has 0 unspecified atom stereocenters. The Bertz CT molecular complexity index is 1160. The molecule has 0 saturated heterocycles. The molecular formula is C22H22N6O2. The normalized spacial score (nSPS) is 10.9.